The first kappa shape index (κ1) is 17.9. The minimum atomic E-state index is -0.259. The number of carbonyl (C=O) groups is 1. The maximum Gasteiger partial charge on any atom is 0.230 e. The number of hydrogen-bond acceptors (Lipinski definition) is 4. The number of hydrogen-bond donors (Lipinski definition) is 1. The van der Waals surface area contributed by atoms with Crippen LogP contribution in [-0.2, 0) is 4.79 Å². The van der Waals surface area contributed by atoms with Gasteiger partial charge in [0.15, 0.2) is 4.34 Å². The summed E-state index contributed by atoms with van der Waals surface area (Å²) < 4.78 is 13.8. The molecule has 2 rings (SSSR count). The van der Waals surface area contributed by atoms with Gasteiger partial charge in [-0.3, -0.25) is 4.79 Å². The SMILES string of the molecule is CC(C)(C)CCNC(=O)CSc1nc(-c2ccc(F)cc2)cs1. The Morgan fingerprint density at radius 1 is 1.30 bits per heavy atom. The molecule has 0 saturated heterocycles. The van der Waals surface area contributed by atoms with Gasteiger partial charge in [0.05, 0.1) is 11.4 Å². The Hall–Kier alpha value is -1.40. The highest BCUT2D eigenvalue weighted by Gasteiger charge is 2.11. The molecule has 1 aromatic carbocycles. The van der Waals surface area contributed by atoms with Crippen LogP contribution in [-0.4, -0.2) is 23.2 Å². The molecule has 0 radical (unpaired) electrons. The topological polar surface area (TPSA) is 42.0 Å². The molecule has 1 heterocycles. The Morgan fingerprint density at radius 2 is 2.00 bits per heavy atom. The van der Waals surface area contributed by atoms with Crippen LogP contribution in [0, 0.1) is 11.2 Å². The summed E-state index contributed by atoms with van der Waals surface area (Å²) in [7, 11) is 0. The third-order valence-electron chi connectivity index (χ3n) is 3.15. The highest BCUT2D eigenvalue weighted by atomic mass is 32.2. The number of rotatable bonds is 6. The van der Waals surface area contributed by atoms with Gasteiger partial charge >= 0.3 is 0 Å². The number of amides is 1. The second-order valence-corrected chi connectivity index (χ2v) is 8.54. The first-order valence-corrected chi connectivity index (χ1v) is 9.31. The van der Waals surface area contributed by atoms with Crippen molar-refractivity contribution in [3.05, 3.63) is 35.5 Å². The number of thioether (sulfide) groups is 1. The highest BCUT2D eigenvalue weighted by molar-refractivity contribution is 8.01. The van der Waals surface area contributed by atoms with Gasteiger partial charge in [-0.25, -0.2) is 9.37 Å². The van der Waals surface area contributed by atoms with Crippen molar-refractivity contribution in [2.24, 2.45) is 5.41 Å². The van der Waals surface area contributed by atoms with E-state index in [2.05, 4.69) is 31.1 Å². The molecule has 0 aliphatic carbocycles. The zero-order valence-electron chi connectivity index (χ0n) is 13.6. The summed E-state index contributed by atoms with van der Waals surface area (Å²) in [6, 6.07) is 6.25. The van der Waals surface area contributed by atoms with Crippen LogP contribution in [0.3, 0.4) is 0 Å². The number of benzene rings is 1. The van der Waals surface area contributed by atoms with Gasteiger partial charge in [-0.05, 0) is 36.1 Å². The Labute approximate surface area is 144 Å². The average Bonchev–Trinajstić information content (AvgIpc) is 2.93. The van der Waals surface area contributed by atoms with Crippen molar-refractivity contribution < 1.29 is 9.18 Å². The number of thiazole rings is 1. The van der Waals surface area contributed by atoms with Gasteiger partial charge in [0.1, 0.15) is 5.82 Å². The lowest BCUT2D eigenvalue weighted by atomic mass is 9.92. The van der Waals surface area contributed by atoms with Crippen molar-refractivity contribution >= 4 is 29.0 Å². The Morgan fingerprint density at radius 3 is 2.65 bits per heavy atom. The molecule has 0 saturated carbocycles. The molecule has 0 fully saturated rings. The maximum absolute atomic E-state index is 12.9. The molecule has 0 aliphatic rings. The van der Waals surface area contributed by atoms with E-state index in [1.165, 1.54) is 35.2 Å². The van der Waals surface area contributed by atoms with E-state index in [9.17, 15) is 9.18 Å². The third kappa shape index (κ3) is 6.31. The molecule has 2 aromatic rings. The summed E-state index contributed by atoms with van der Waals surface area (Å²) in [5, 5.41) is 4.85. The molecular weight excluding hydrogens is 331 g/mol. The quantitative estimate of drug-likeness (QED) is 0.773. The number of nitrogens with zero attached hydrogens (tertiary/aromatic N) is 1. The number of halogens is 1. The molecule has 124 valence electrons. The molecule has 23 heavy (non-hydrogen) atoms. The molecule has 6 heteroatoms. The van der Waals surface area contributed by atoms with Crippen LogP contribution in [0.1, 0.15) is 27.2 Å². The minimum absolute atomic E-state index is 0.0257. The van der Waals surface area contributed by atoms with E-state index >= 15 is 0 Å². The fourth-order valence-corrected chi connectivity index (χ4v) is 3.50. The summed E-state index contributed by atoms with van der Waals surface area (Å²) in [5.74, 6) is 0.129. The lowest BCUT2D eigenvalue weighted by Gasteiger charge is -2.17. The van der Waals surface area contributed by atoms with Gasteiger partial charge < -0.3 is 5.32 Å². The smallest absolute Gasteiger partial charge is 0.230 e. The molecule has 1 amide bonds. The monoisotopic (exact) mass is 352 g/mol. The van der Waals surface area contributed by atoms with Gasteiger partial charge in [0, 0.05) is 17.5 Å². The van der Waals surface area contributed by atoms with E-state index < -0.39 is 0 Å². The van der Waals surface area contributed by atoms with Crippen LogP contribution < -0.4 is 5.32 Å². The lowest BCUT2D eigenvalue weighted by Crippen LogP contribution is -2.28. The molecule has 0 atom stereocenters. The van der Waals surface area contributed by atoms with Gasteiger partial charge in [0.2, 0.25) is 5.91 Å². The first-order valence-electron chi connectivity index (χ1n) is 7.44. The number of carbonyl (C=O) groups excluding carboxylic acids is 1. The van der Waals surface area contributed by atoms with Crippen LogP contribution in [0.5, 0.6) is 0 Å². The summed E-state index contributed by atoms with van der Waals surface area (Å²) in [5.41, 5.74) is 1.91. The molecule has 0 bridgehead atoms. The molecule has 0 spiro atoms. The van der Waals surface area contributed by atoms with Gasteiger partial charge in [-0.2, -0.15) is 0 Å². The second kappa shape index (κ2) is 7.93. The van der Waals surface area contributed by atoms with E-state index in [1.54, 1.807) is 12.1 Å². The summed E-state index contributed by atoms with van der Waals surface area (Å²) >= 11 is 2.92. The zero-order valence-corrected chi connectivity index (χ0v) is 15.2. The molecule has 3 nitrogen and oxygen atoms in total. The van der Waals surface area contributed by atoms with Crippen molar-refractivity contribution in [2.75, 3.05) is 12.3 Å². The van der Waals surface area contributed by atoms with Crippen molar-refractivity contribution in [3.8, 4) is 11.3 Å². The predicted octanol–water partition coefficient (Wildman–Crippen LogP) is 4.59. The molecular formula is C17H21FN2OS2. The number of aromatic nitrogens is 1. The Bertz CT molecular complexity index is 647. The van der Waals surface area contributed by atoms with Crippen molar-refractivity contribution in [1.82, 2.24) is 10.3 Å². The average molecular weight is 352 g/mol. The number of nitrogens with one attached hydrogen (secondary N) is 1. The molecule has 0 unspecified atom stereocenters. The normalized spacial score (nSPS) is 11.5. The van der Waals surface area contributed by atoms with Gasteiger partial charge in [-0.15, -0.1) is 11.3 Å². The molecule has 1 N–H and O–H groups in total. The Balaban J connectivity index is 1.80. The minimum Gasteiger partial charge on any atom is -0.355 e. The van der Waals surface area contributed by atoms with Crippen molar-refractivity contribution in [3.63, 3.8) is 0 Å². The molecule has 1 aromatic heterocycles. The van der Waals surface area contributed by atoms with Gasteiger partial charge in [-0.1, -0.05) is 32.5 Å². The summed E-state index contributed by atoms with van der Waals surface area (Å²) in [6.45, 7) is 7.16. The molecule has 0 aliphatic heterocycles. The van der Waals surface area contributed by atoms with E-state index in [1.807, 2.05) is 5.38 Å². The van der Waals surface area contributed by atoms with E-state index in [0.717, 1.165) is 22.0 Å². The maximum atomic E-state index is 12.9. The fraction of sp³-hybridized carbons (Fsp3) is 0.412. The van der Waals surface area contributed by atoms with Crippen molar-refractivity contribution in [2.45, 2.75) is 31.5 Å². The largest absolute Gasteiger partial charge is 0.355 e. The van der Waals surface area contributed by atoms with Crippen LogP contribution >= 0.6 is 23.1 Å². The zero-order chi connectivity index (χ0) is 16.9. The fourth-order valence-electron chi connectivity index (χ4n) is 1.83. The second-order valence-electron chi connectivity index (χ2n) is 6.45. The van der Waals surface area contributed by atoms with Gasteiger partial charge in [0.25, 0.3) is 0 Å². The van der Waals surface area contributed by atoms with Crippen LogP contribution in [0.4, 0.5) is 4.39 Å². The van der Waals surface area contributed by atoms with Crippen LogP contribution in [0.2, 0.25) is 0 Å². The Kier molecular flexibility index (Phi) is 6.18. The van der Waals surface area contributed by atoms with E-state index in [4.69, 9.17) is 0 Å². The highest BCUT2D eigenvalue weighted by Crippen LogP contribution is 2.28. The lowest BCUT2D eigenvalue weighted by molar-refractivity contribution is -0.118. The van der Waals surface area contributed by atoms with Crippen LogP contribution in [0.25, 0.3) is 11.3 Å². The van der Waals surface area contributed by atoms with E-state index in [0.29, 0.717) is 12.3 Å². The predicted molar refractivity (Wildman–Crippen MR) is 95.3 cm³/mol. The van der Waals surface area contributed by atoms with Crippen molar-refractivity contribution in [1.29, 1.82) is 0 Å². The summed E-state index contributed by atoms with van der Waals surface area (Å²) in [4.78, 5) is 16.3. The van der Waals surface area contributed by atoms with E-state index in [-0.39, 0.29) is 17.1 Å². The van der Waals surface area contributed by atoms with Crippen LogP contribution in [0.15, 0.2) is 34.0 Å². The summed E-state index contributed by atoms with van der Waals surface area (Å²) in [6.07, 6.45) is 0.954. The standard InChI is InChI=1S/C17H21FN2OS2/c1-17(2,3)8-9-19-15(21)11-23-16-20-14(10-22-16)12-4-6-13(18)7-5-12/h4-7,10H,8-9,11H2,1-3H3,(H,19,21). The first-order chi connectivity index (χ1) is 10.8. The third-order valence-corrected chi connectivity index (χ3v) is 5.17.